The normalized spacial score (nSPS) is 14.5. The van der Waals surface area contributed by atoms with Gasteiger partial charge in [-0.1, -0.05) is 6.07 Å². The molecule has 0 aromatic heterocycles. The van der Waals surface area contributed by atoms with E-state index in [0.29, 0.717) is 0 Å². The average molecular weight is 222 g/mol. The van der Waals surface area contributed by atoms with E-state index in [1.807, 2.05) is 0 Å². The highest BCUT2D eigenvalue weighted by molar-refractivity contribution is 5.98. The van der Waals surface area contributed by atoms with Crippen molar-refractivity contribution < 1.29 is 24.5 Å². The lowest BCUT2D eigenvalue weighted by Gasteiger charge is -2.10. The van der Waals surface area contributed by atoms with E-state index in [1.54, 1.807) is 0 Å². The van der Waals surface area contributed by atoms with Gasteiger partial charge >= 0.3 is 11.9 Å². The second-order valence-corrected chi connectivity index (χ2v) is 3.61. The van der Waals surface area contributed by atoms with Crippen molar-refractivity contribution in [3.8, 4) is 5.75 Å². The van der Waals surface area contributed by atoms with Crippen molar-refractivity contribution >= 4 is 11.9 Å². The van der Waals surface area contributed by atoms with Crippen molar-refractivity contribution in [3.05, 3.63) is 29.3 Å². The minimum absolute atomic E-state index is 0.0370. The van der Waals surface area contributed by atoms with Crippen LogP contribution in [0, 0.1) is 0 Å². The molecule has 0 unspecified atom stereocenters. The predicted molar refractivity (Wildman–Crippen MR) is 54.0 cm³/mol. The fourth-order valence-corrected chi connectivity index (χ4v) is 1.35. The molecule has 5 heteroatoms. The lowest BCUT2D eigenvalue weighted by Crippen LogP contribution is -2.10. The minimum atomic E-state index is -1.18. The van der Waals surface area contributed by atoms with E-state index >= 15 is 0 Å². The second kappa shape index (κ2) is 3.84. The number of hydrogen-bond donors (Lipinski definition) is 2. The fourth-order valence-electron chi connectivity index (χ4n) is 1.35. The molecule has 0 aliphatic heterocycles. The smallest absolute Gasteiger partial charge is 0.339 e. The van der Waals surface area contributed by atoms with E-state index in [0.717, 1.165) is 12.8 Å². The van der Waals surface area contributed by atoms with Gasteiger partial charge in [0.15, 0.2) is 0 Å². The Morgan fingerprint density at radius 3 is 2.00 bits per heavy atom. The molecule has 2 rings (SSSR count). The summed E-state index contributed by atoms with van der Waals surface area (Å²) in [6, 6.07) is 4.08. The van der Waals surface area contributed by atoms with Crippen LogP contribution in [-0.4, -0.2) is 28.3 Å². The number of aromatic carboxylic acids is 2. The molecule has 0 atom stereocenters. The summed E-state index contributed by atoms with van der Waals surface area (Å²) in [5.41, 5.74) is -0.210. The molecule has 0 spiro atoms. The number of benzene rings is 1. The molecule has 0 bridgehead atoms. The Bertz CT molecular complexity index is 415. The predicted octanol–water partition coefficient (Wildman–Crippen LogP) is 1.62. The first-order valence-electron chi connectivity index (χ1n) is 4.86. The van der Waals surface area contributed by atoms with Crippen LogP contribution in [0.15, 0.2) is 18.2 Å². The van der Waals surface area contributed by atoms with Gasteiger partial charge in [0.2, 0.25) is 0 Å². The van der Waals surface area contributed by atoms with Crippen molar-refractivity contribution in [3.63, 3.8) is 0 Å². The third-order valence-corrected chi connectivity index (χ3v) is 2.28. The molecule has 5 nitrogen and oxygen atoms in total. The van der Waals surface area contributed by atoms with Crippen molar-refractivity contribution in [2.45, 2.75) is 18.9 Å². The van der Waals surface area contributed by atoms with Crippen LogP contribution in [0.1, 0.15) is 33.6 Å². The van der Waals surface area contributed by atoms with Gasteiger partial charge in [-0.25, -0.2) is 9.59 Å². The molecular weight excluding hydrogens is 212 g/mol. The van der Waals surface area contributed by atoms with Crippen LogP contribution in [0.2, 0.25) is 0 Å². The highest BCUT2D eigenvalue weighted by Gasteiger charge is 2.28. The van der Waals surface area contributed by atoms with E-state index < -0.39 is 11.9 Å². The van der Waals surface area contributed by atoms with E-state index in [4.69, 9.17) is 14.9 Å². The number of carbonyl (C=O) groups is 2. The zero-order chi connectivity index (χ0) is 11.7. The molecule has 16 heavy (non-hydrogen) atoms. The van der Waals surface area contributed by atoms with Crippen LogP contribution in [0.3, 0.4) is 0 Å². The molecule has 1 saturated carbocycles. The summed E-state index contributed by atoms with van der Waals surface area (Å²) in [6.07, 6.45) is 1.64. The number of rotatable bonds is 4. The molecule has 0 heterocycles. The Labute approximate surface area is 91.3 Å². The van der Waals surface area contributed by atoms with Gasteiger partial charge in [0.1, 0.15) is 16.9 Å². The highest BCUT2D eigenvalue weighted by Crippen LogP contribution is 2.32. The summed E-state index contributed by atoms with van der Waals surface area (Å²) >= 11 is 0. The molecular formula is C11H10O5. The Hall–Kier alpha value is -2.04. The summed E-state index contributed by atoms with van der Waals surface area (Å²) in [7, 11) is 0. The summed E-state index contributed by atoms with van der Waals surface area (Å²) in [5.74, 6) is -2.40. The van der Waals surface area contributed by atoms with E-state index in [9.17, 15) is 9.59 Å². The first-order chi connectivity index (χ1) is 7.59. The molecule has 1 fully saturated rings. The Kier molecular flexibility index (Phi) is 2.52. The maximum absolute atomic E-state index is 10.9. The Balaban J connectivity index is 2.47. The highest BCUT2D eigenvalue weighted by atomic mass is 16.5. The monoisotopic (exact) mass is 222 g/mol. The van der Waals surface area contributed by atoms with E-state index in [1.165, 1.54) is 18.2 Å². The molecule has 1 aliphatic carbocycles. The van der Waals surface area contributed by atoms with Crippen molar-refractivity contribution in [2.75, 3.05) is 0 Å². The molecule has 0 radical (unpaired) electrons. The van der Waals surface area contributed by atoms with Crippen LogP contribution in [0.5, 0.6) is 5.75 Å². The quantitative estimate of drug-likeness (QED) is 0.808. The van der Waals surface area contributed by atoms with Crippen LogP contribution in [0.4, 0.5) is 0 Å². The maximum atomic E-state index is 10.9. The van der Waals surface area contributed by atoms with Gasteiger partial charge in [-0.05, 0) is 25.0 Å². The molecule has 2 N–H and O–H groups in total. The lowest BCUT2D eigenvalue weighted by molar-refractivity contribution is 0.0688. The van der Waals surface area contributed by atoms with Crippen molar-refractivity contribution in [2.24, 2.45) is 0 Å². The molecule has 1 aromatic rings. The summed E-state index contributed by atoms with van der Waals surface area (Å²) in [5, 5.41) is 17.9. The molecule has 0 amide bonds. The summed E-state index contributed by atoms with van der Waals surface area (Å²) in [6.45, 7) is 0. The zero-order valence-corrected chi connectivity index (χ0v) is 8.34. The van der Waals surface area contributed by atoms with Crippen LogP contribution >= 0.6 is 0 Å². The number of ether oxygens (including phenoxy) is 1. The number of hydrogen-bond acceptors (Lipinski definition) is 3. The number of para-hydroxylation sites is 1. The molecule has 1 aliphatic rings. The van der Waals surface area contributed by atoms with Gasteiger partial charge in [0, 0.05) is 0 Å². The van der Waals surface area contributed by atoms with Gasteiger partial charge in [-0.2, -0.15) is 0 Å². The van der Waals surface area contributed by atoms with Gasteiger partial charge in [0.25, 0.3) is 0 Å². The molecule has 1 aromatic carbocycles. The van der Waals surface area contributed by atoms with E-state index in [2.05, 4.69) is 0 Å². The average Bonchev–Trinajstić information content (AvgIpc) is 3.01. The maximum Gasteiger partial charge on any atom is 0.339 e. The molecule has 84 valence electrons. The first kappa shape index (κ1) is 10.5. The molecule has 0 saturated heterocycles. The van der Waals surface area contributed by atoms with E-state index in [-0.39, 0.29) is 23.0 Å². The second-order valence-electron chi connectivity index (χ2n) is 3.61. The number of carboxylic acid groups (broad SMARTS) is 2. The zero-order valence-electron chi connectivity index (χ0n) is 8.34. The first-order valence-corrected chi connectivity index (χ1v) is 4.86. The van der Waals surface area contributed by atoms with Crippen LogP contribution < -0.4 is 4.74 Å². The van der Waals surface area contributed by atoms with Gasteiger partial charge in [0.05, 0.1) is 6.10 Å². The SMILES string of the molecule is O=C(O)c1cccc(C(=O)O)c1OC1CC1. The largest absolute Gasteiger partial charge is 0.489 e. The minimum Gasteiger partial charge on any atom is -0.489 e. The number of carboxylic acids is 2. The van der Waals surface area contributed by atoms with Gasteiger partial charge in [-0.3, -0.25) is 0 Å². The Morgan fingerprint density at radius 1 is 1.12 bits per heavy atom. The van der Waals surface area contributed by atoms with Gasteiger partial charge < -0.3 is 14.9 Å². The standard InChI is InChI=1S/C11H10O5/c12-10(13)7-2-1-3-8(11(14)15)9(7)16-6-4-5-6/h1-3,6H,4-5H2,(H,12,13)(H,14,15). The van der Waals surface area contributed by atoms with Crippen molar-refractivity contribution in [1.82, 2.24) is 0 Å². The van der Waals surface area contributed by atoms with Gasteiger partial charge in [-0.15, -0.1) is 0 Å². The van der Waals surface area contributed by atoms with Crippen molar-refractivity contribution in [1.29, 1.82) is 0 Å². The fraction of sp³-hybridized carbons (Fsp3) is 0.273. The summed E-state index contributed by atoms with van der Waals surface area (Å²) < 4.78 is 5.35. The third-order valence-electron chi connectivity index (χ3n) is 2.28. The lowest BCUT2D eigenvalue weighted by atomic mass is 10.1. The third kappa shape index (κ3) is 1.98. The summed E-state index contributed by atoms with van der Waals surface area (Å²) in [4.78, 5) is 21.9. The Morgan fingerprint density at radius 2 is 1.62 bits per heavy atom. The van der Waals surface area contributed by atoms with Crippen LogP contribution in [0.25, 0.3) is 0 Å². The topological polar surface area (TPSA) is 83.8 Å². The van der Waals surface area contributed by atoms with Crippen LogP contribution in [-0.2, 0) is 0 Å².